The molecule has 0 saturated carbocycles. The maximum Gasteiger partial charge on any atom is 0.343 e. The standard InChI is InChI=1S/C14H16N2O4/c1-4-19-11-6-9-12(17)10(14(18)20-5-2)7-15-13(9)16-8(11)3/h6-7H,4-5H2,1-3H3,(H,15,16,17). The van der Waals surface area contributed by atoms with E-state index < -0.39 is 5.97 Å². The lowest BCUT2D eigenvalue weighted by molar-refractivity contribution is 0.0523. The zero-order valence-electron chi connectivity index (χ0n) is 11.6. The number of aromatic hydroxyl groups is 1. The lowest BCUT2D eigenvalue weighted by Gasteiger charge is -2.10. The SMILES string of the molecule is CCOC(=O)c1cnc2nc(C)c(OCC)cc2c1O. The highest BCUT2D eigenvalue weighted by atomic mass is 16.5. The predicted octanol–water partition coefficient (Wildman–Crippen LogP) is 2.22. The molecule has 0 spiro atoms. The topological polar surface area (TPSA) is 81.5 Å². The van der Waals surface area contributed by atoms with Crippen LogP contribution in [0, 0.1) is 6.92 Å². The van der Waals surface area contributed by atoms with Gasteiger partial charge in [-0.3, -0.25) is 0 Å². The Morgan fingerprint density at radius 2 is 2.10 bits per heavy atom. The van der Waals surface area contributed by atoms with E-state index in [2.05, 4.69) is 9.97 Å². The first kappa shape index (κ1) is 14.0. The van der Waals surface area contributed by atoms with Crippen LogP contribution in [0.15, 0.2) is 12.3 Å². The summed E-state index contributed by atoms with van der Waals surface area (Å²) in [7, 11) is 0. The Morgan fingerprint density at radius 3 is 2.75 bits per heavy atom. The number of pyridine rings is 2. The van der Waals surface area contributed by atoms with Crippen LogP contribution in [0.5, 0.6) is 11.5 Å². The van der Waals surface area contributed by atoms with Gasteiger partial charge in [0.2, 0.25) is 0 Å². The first-order valence-electron chi connectivity index (χ1n) is 6.37. The number of nitrogens with zero attached hydrogens (tertiary/aromatic N) is 2. The van der Waals surface area contributed by atoms with Gasteiger partial charge in [-0.2, -0.15) is 0 Å². The minimum Gasteiger partial charge on any atom is -0.506 e. The van der Waals surface area contributed by atoms with E-state index >= 15 is 0 Å². The monoisotopic (exact) mass is 276 g/mol. The molecular weight excluding hydrogens is 260 g/mol. The molecule has 0 bridgehead atoms. The summed E-state index contributed by atoms with van der Waals surface area (Å²) in [5, 5.41) is 10.6. The zero-order valence-corrected chi connectivity index (χ0v) is 11.6. The molecule has 6 heteroatoms. The van der Waals surface area contributed by atoms with Crippen LogP contribution >= 0.6 is 0 Å². The first-order chi connectivity index (χ1) is 9.58. The molecule has 2 heterocycles. The molecule has 0 saturated heterocycles. The number of carbonyl (C=O) groups is 1. The van der Waals surface area contributed by atoms with Crippen molar-refractivity contribution in [3.63, 3.8) is 0 Å². The van der Waals surface area contributed by atoms with E-state index in [1.165, 1.54) is 6.20 Å². The van der Waals surface area contributed by atoms with Crippen molar-refractivity contribution in [1.82, 2.24) is 9.97 Å². The van der Waals surface area contributed by atoms with E-state index in [1.54, 1.807) is 19.9 Å². The van der Waals surface area contributed by atoms with E-state index in [0.29, 0.717) is 29.1 Å². The van der Waals surface area contributed by atoms with Crippen molar-refractivity contribution in [2.24, 2.45) is 0 Å². The maximum atomic E-state index is 11.7. The molecule has 0 radical (unpaired) electrons. The molecule has 2 rings (SSSR count). The van der Waals surface area contributed by atoms with Crippen molar-refractivity contribution in [1.29, 1.82) is 0 Å². The van der Waals surface area contributed by atoms with E-state index in [4.69, 9.17) is 9.47 Å². The molecular formula is C14H16N2O4. The fraction of sp³-hybridized carbons (Fsp3) is 0.357. The van der Waals surface area contributed by atoms with Crippen LogP contribution in [0.3, 0.4) is 0 Å². The van der Waals surface area contributed by atoms with Crippen molar-refractivity contribution in [3.8, 4) is 11.5 Å². The number of carbonyl (C=O) groups excluding carboxylic acids is 1. The molecule has 0 fully saturated rings. The van der Waals surface area contributed by atoms with Gasteiger partial charge in [-0.25, -0.2) is 14.8 Å². The molecule has 0 aliphatic rings. The largest absolute Gasteiger partial charge is 0.506 e. The van der Waals surface area contributed by atoms with Crippen LogP contribution in [0.4, 0.5) is 0 Å². The summed E-state index contributed by atoms with van der Waals surface area (Å²) >= 11 is 0. The van der Waals surface area contributed by atoms with Gasteiger partial charge in [0.05, 0.1) is 24.3 Å². The first-order valence-corrected chi connectivity index (χ1v) is 6.37. The van der Waals surface area contributed by atoms with E-state index in [-0.39, 0.29) is 17.9 Å². The summed E-state index contributed by atoms with van der Waals surface area (Å²) in [6, 6.07) is 1.63. The Labute approximate surface area is 116 Å². The van der Waals surface area contributed by atoms with Crippen molar-refractivity contribution in [3.05, 3.63) is 23.5 Å². The summed E-state index contributed by atoms with van der Waals surface area (Å²) in [5.41, 5.74) is 1.05. The van der Waals surface area contributed by atoms with Gasteiger partial charge in [0.25, 0.3) is 0 Å². The van der Waals surface area contributed by atoms with Crippen molar-refractivity contribution < 1.29 is 19.4 Å². The minimum absolute atomic E-state index is 0.0208. The number of esters is 1. The Kier molecular flexibility index (Phi) is 4.02. The van der Waals surface area contributed by atoms with Crippen molar-refractivity contribution in [2.75, 3.05) is 13.2 Å². The Bertz CT molecular complexity index is 655. The highest BCUT2D eigenvalue weighted by Crippen LogP contribution is 2.30. The molecule has 0 unspecified atom stereocenters. The average molecular weight is 276 g/mol. The minimum atomic E-state index is -0.613. The van der Waals surface area contributed by atoms with E-state index in [0.717, 1.165) is 0 Å². The molecule has 1 N–H and O–H groups in total. The zero-order chi connectivity index (χ0) is 14.7. The fourth-order valence-corrected chi connectivity index (χ4v) is 1.84. The van der Waals surface area contributed by atoms with Crippen LogP contribution in [-0.2, 0) is 4.74 Å². The van der Waals surface area contributed by atoms with Crippen LogP contribution in [0.2, 0.25) is 0 Å². The average Bonchev–Trinajstić information content (AvgIpc) is 2.41. The van der Waals surface area contributed by atoms with Gasteiger partial charge >= 0.3 is 5.97 Å². The third kappa shape index (κ3) is 2.49. The highest BCUT2D eigenvalue weighted by Gasteiger charge is 2.17. The maximum absolute atomic E-state index is 11.7. The van der Waals surface area contributed by atoms with Gasteiger partial charge < -0.3 is 14.6 Å². The molecule has 20 heavy (non-hydrogen) atoms. The predicted molar refractivity (Wildman–Crippen MR) is 73.1 cm³/mol. The lowest BCUT2D eigenvalue weighted by Crippen LogP contribution is -2.06. The van der Waals surface area contributed by atoms with Gasteiger partial charge in [-0.05, 0) is 26.8 Å². The number of rotatable bonds is 4. The third-order valence-corrected chi connectivity index (χ3v) is 2.77. The Balaban J connectivity index is 2.59. The number of aromatic nitrogens is 2. The van der Waals surface area contributed by atoms with Crippen LogP contribution in [0.1, 0.15) is 29.9 Å². The molecule has 6 nitrogen and oxygen atoms in total. The van der Waals surface area contributed by atoms with Gasteiger partial charge in [-0.1, -0.05) is 0 Å². The molecule has 0 aromatic carbocycles. The third-order valence-electron chi connectivity index (χ3n) is 2.77. The second kappa shape index (κ2) is 5.73. The van der Waals surface area contributed by atoms with Crippen molar-refractivity contribution in [2.45, 2.75) is 20.8 Å². The Hall–Kier alpha value is -2.37. The van der Waals surface area contributed by atoms with Crippen LogP contribution < -0.4 is 4.74 Å². The lowest BCUT2D eigenvalue weighted by atomic mass is 10.1. The van der Waals surface area contributed by atoms with Gasteiger partial charge in [-0.15, -0.1) is 0 Å². The van der Waals surface area contributed by atoms with Gasteiger partial charge in [0, 0.05) is 6.20 Å². The summed E-state index contributed by atoms with van der Waals surface area (Å²) in [4.78, 5) is 20.0. The summed E-state index contributed by atoms with van der Waals surface area (Å²) in [6.07, 6.45) is 1.27. The molecule has 0 amide bonds. The second-order valence-electron chi connectivity index (χ2n) is 4.12. The Morgan fingerprint density at radius 1 is 1.35 bits per heavy atom. The molecule has 2 aromatic heterocycles. The van der Waals surface area contributed by atoms with E-state index in [1.807, 2.05) is 6.92 Å². The smallest absolute Gasteiger partial charge is 0.343 e. The summed E-state index contributed by atoms with van der Waals surface area (Å²) in [6.45, 7) is 6.06. The molecule has 0 aliphatic heterocycles. The summed E-state index contributed by atoms with van der Waals surface area (Å²) in [5.74, 6) is -0.252. The number of hydrogen-bond acceptors (Lipinski definition) is 6. The molecule has 0 atom stereocenters. The quantitative estimate of drug-likeness (QED) is 0.862. The van der Waals surface area contributed by atoms with E-state index in [9.17, 15) is 9.90 Å². The normalized spacial score (nSPS) is 10.6. The number of aryl methyl sites for hydroxylation is 1. The van der Waals surface area contributed by atoms with Crippen LogP contribution in [-0.4, -0.2) is 34.3 Å². The second-order valence-corrected chi connectivity index (χ2v) is 4.12. The number of fused-ring (bicyclic) bond motifs is 1. The van der Waals surface area contributed by atoms with Crippen molar-refractivity contribution >= 4 is 17.0 Å². The van der Waals surface area contributed by atoms with Crippen LogP contribution in [0.25, 0.3) is 11.0 Å². The summed E-state index contributed by atoms with van der Waals surface area (Å²) < 4.78 is 10.3. The molecule has 0 aliphatic carbocycles. The number of ether oxygens (including phenoxy) is 2. The molecule has 106 valence electrons. The number of hydrogen-bond donors (Lipinski definition) is 1. The molecule has 2 aromatic rings. The fourth-order valence-electron chi connectivity index (χ4n) is 1.84. The highest BCUT2D eigenvalue weighted by molar-refractivity contribution is 5.98. The van der Waals surface area contributed by atoms with Gasteiger partial charge in [0.15, 0.2) is 5.65 Å². The van der Waals surface area contributed by atoms with Gasteiger partial charge in [0.1, 0.15) is 17.1 Å².